The number of carbonyl (C=O) groups excluding carboxylic acids is 2. The van der Waals surface area contributed by atoms with Crippen molar-refractivity contribution < 1.29 is 24.0 Å². The number of hydrogen-bond donors (Lipinski definition) is 0. The average molecular weight is 275 g/mol. The van der Waals surface area contributed by atoms with Crippen molar-refractivity contribution >= 4 is 11.9 Å². The third-order valence-corrected chi connectivity index (χ3v) is 3.28. The van der Waals surface area contributed by atoms with Gasteiger partial charge in [0.05, 0.1) is 13.2 Å². The molecule has 0 aliphatic rings. The van der Waals surface area contributed by atoms with E-state index in [0.29, 0.717) is 0 Å². The van der Waals surface area contributed by atoms with Crippen molar-refractivity contribution in [3.05, 3.63) is 10.1 Å². The van der Waals surface area contributed by atoms with Crippen molar-refractivity contribution in [1.82, 2.24) is 0 Å². The van der Waals surface area contributed by atoms with Gasteiger partial charge in [-0.15, -0.1) is 0 Å². The quantitative estimate of drug-likeness (QED) is 0.303. The van der Waals surface area contributed by atoms with Gasteiger partial charge >= 0.3 is 11.9 Å². The first-order chi connectivity index (χ1) is 8.72. The van der Waals surface area contributed by atoms with Crippen LogP contribution >= 0.6 is 0 Å². The van der Waals surface area contributed by atoms with E-state index in [9.17, 15) is 19.7 Å². The number of nitrogens with zero attached hydrogens (tertiary/aromatic N) is 1. The normalized spacial score (nSPS) is 11.8. The second-order valence-electron chi connectivity index (χ2n) is 4.52. The van der Waals surface area contributed by atoms with E-state index in [0.717, 1.165) is 0 Å². The van der Waals surface area contributed by atoms with Crippen molar-refractivity contribution in [2.75, 3.05) is 13.2 Å². The van der Waals surface area contributed by atoms with E-state index in [-0.39, 0.29) is 19.6 Å². The Balaban J connectivity index is 5.88. The van der Waals surface area contributed by atoms with Gasteiger partial charge in [-0.05, 0) is 20.3 Å². The Hall–Kier alpha value is -1.66. The summed E-state index contributed by atoms with van der Waals surface area (Å²) in [5, 5.41) is 11.2. The molecule has 0 atom stereocenters. The maximum Gasteiger partial charge on any atom is 0.330 e. The monoisotopic (exact) mass is 275 g/mol. The van der Waals surface area contributed by atoms with E-state index in [4.69, 9.17) is 9.47 Å². The number of rotatable bonds is 7. The lowest BCUT2D eigenvalue weighted by atomic mass is 9.69. The lowest BCUT2D eigenvalue weighted by Crippen LogP contribution is -2.59. The summed E-state index contributed by atoms with van der Waals surface area (Å²) in [4.78, 5) is 34.9. The zero-order valence-electron chi connectivity index (χ0n) is 12.0. The topological polar surface area (TPSA) is 95.7 Å². The van der Waals surface area contributed by atoms with Crippen LogP contribution < -0.4 is 0 Å². The molecular formula is C12H21NO6. The Kier molecular flexibility index (Phi) is 5.92. The largest absolute Gasteiger partial charge is 0.465 e. The Morgan fingerprint density at radius 1 is 1.05 bits per heavy atom. The van der Waals surface area contributed by atoms with Gasteiger partial charge in [0.2, 0.25) is 11.0 Å². The molecule has 0 bridgehead atoms. The second-order valence-corrected chi connectivity index (χ2v) is 4.52. The van der Waals surface area contributed by atoms with E-state index in [1.165, 1.54) is 20.8 Å². The molecule has 0 aromatic carbocycles. The van der Waals surface area contributed by atoms with Crippen molar-refractivity contribution in [2.45, 2.75) is 46.6 Å². The third kappa shape index (κ3) is 2.85. The van der Waals surface area contributed by atoms with Crippen LogP contribution in [-0.2, 0) is 19.1 Å². The van der Waals surface area contributed by atoms with Crippen molar-refractivity contribution in [1.29, 1.82) is 0 Å². The molecule has 0 N–H and O–H groups in total. The van der Waals surface area contributed by atoms with Crippen LogP contribution in [0.4, 0.5) is 0 Å². The molecule has 0 heterocycles. The van der Waals surface area contributed by atoms with Gasteiger partial charge in [0.1, 0.15) is 0 Å². The molecule has 0 spiro atoms. The fourth-order valence-corrected chi connectivity index (χ4v) is 1.97. The Morgan fingerprint density at radius 2 is 1.42 bits per heavy atom. The molecule has 0 aliphatic carbocycles. The highest BCUT2D eigenvalue weighted by Crippen LogP contribution is 2.40. The predicted molar refractivity (Wildman–Crippen MR) is 67.1 cm³/mol. The summed E-state index contributed by atoms with van der Waals surface area (Å²) in [6.07, 6.45) is -0.0708. The average Bonchev–Trinajstić information content (AvgIpc) is 2.30. The maximum atomic E-state index is 12.1. The van der Waals surface area contributed by atoms with Gasteiger partial charge in [-0.3, -0.25) is 19.7 Å². The molecule has 110 valence electrons. The molecule has 0 aromatic rings. The molecule has 0 aliphatic heterocycles. The zero-order valence-corrected chi connectivity index (χ0v) is 12.0. The number of ether oxygens (including phenoxy) is 2. The standard InChI is InChI=1S/C12H21NO6/c1-6-12(9(14)18-7-2,10(15)19-8-3)11(4,5)13(16)17/h6-8H2,1-5H3. The fraction of sp³-hybridized carbons (Fsp3) is 0.833. The summed E-state index contributed by atoms with van der Waals surface area (Å²) in [5.74, 6) is -1.84. The van der Waals surface area contributed by atoms with E-state index in [2.05, 4.69) is 0 Å². The van der Waals surface area contributed by atoms with E-state index in [1.807, 2.05) is 0 Å². The highest BCUT2D eigenvalue weighted by atomic mass is 16.6. The number of nitro groups is 1. The van der Waals surface area contributed by atoms with Crippen molar-refractivity contribution in [3.8, 4) is 0 Å². The van der Waals surface area contributed by atoms with E-state index in [1.54, 1.807) is 13.8 Å². The summed E-state index contributed by atoms with van der Waals surface area (Å²) in [7, 11) is 0. The summed E-state index contributed by atoms with van der Waals surface area (Å²) >= 11 is 0. The molecule has 0 radical (unpaired) electrons. The number of esters is 2. The molecule has 0 aromatic heterocycles. The van der Waals surface area contributed by atoms with Crippen LogP contribution in [0.5, 0.6) is 0 Å². The first kappa shape index (κ1) is 17.3. The minimum absolute atomic E-state index is 0.0355. The van der Waals surface area contributed by atoms with Crippen LogP contribution in [0.25, 0.3) is 0 Å². The van der Waals surface area contributed by atoms with Crippen LogP contribution in [0.15, 0.2) is 0 Å². The SMILES string of the molecule is CCOC(=O)C(CC)(C(=O)OCC)C(C)(C)[N+](=O)[O-]. The van der Waals surface area contributed by atoms with Crippen LogP contribution in [0.3, 0.4) is 0 Å². The highest BCUT2D eigenvalue weighted by molar-refractivity contribution is 6.01. The smallest absolute Gasteiger partial charge is 0.330 e. The van der Waals surface area contributed by atoms with Crippen molar-refractivity contribution in [3.63, 3.8) is 0 Å². The van der Waals surface area contributed by atoms with Gasteiger partial charge in [0.25, 0.3) is 0 Å². The van der Waals surface area contributed by atoms with E-state index >= 15 is 0 Å². The highest BCUT2D eigenvalue weighted by Gasteiger charge is 2.66. The Labute approximate surface area is 112 Å². The molecule has 0 rings (SSSR count). The minimum Gasteiger partial charge on any atom is -0.465 e. The van der Waals surface area contributed by atoms with Crippen LogP contribution in [-0.4, -0.2) is 35.6 Å². The van der Waals surface area contributed by atoms with Crippen LogP contribution in [0.2, 0.25) is 0 Å². The number of hydrogen-bond acceptors (Lipinski definition) is 6. The van der Waals surface area contributed by atoms with Gasteiger partial charge in [-0.2, -0.15) is 0 Å². The van der Waals surface area contributed by atoms with Gasteiger partial charge in [0, 0.05) is 18.8 Å². The lowest BCUT2D eigenvalue weighted by Gasteiger charge is -2.34. The second kappa shape index (κ2) is 6.49. The van der Waals surface area contributed by atoms with E-state index < -0.39 is 27.8 Å². The van der Waals surface area contributed by atoms with Gasteiger partial charge in [0.15, 0.2) is 0 Å². The summed E-state index contributed by atoms with van der Waals surface area (Å²) < 4.78 is 9.72. The zero-order chi connectivity index (χ0) is 15.3. The summed E-state index contributed by atoms with van der Waals surface area (Å²) in [6.45, 7) is 7.20. The molecule has 0 unspecified atom stereocenters. The molecule has 0 amide bonds. The molecule has 0 saturated heterocycles. The molecule has 7 heteroatoms. The van der Waals surface area contributed by atoms with Gasteiger partial charge < -0.3 is 9.47 Å². The first-order valence-electron chi connectivity index (χ1n) is 6.21. The molecule has 19 heavy (non-hydrogen) atoms. The first-order valence-corrected chi connectivity index (χ1v) is 6.21. The van der Waals surface area contributed by atoms with Crippen molar-refractivity contribution in [2.24, 2.45) is 5.41 Å². The fourth-order valence-electron chi connectivity index (χ4n) is 1.97. The summed E-state index contributed by atoms with van der Waals surface area (Å²) in [6, 6.07) is 0. The molecule has 7 nitrogen and oxygen atoms in total. The molecule has 0 saturated carbocycles. The molecular weight excluding hydrogens is 254 g/mol. The van der Waals surface area contributed by atoms with Crippen LogP contribution in [0.1, 0.15) is 41.0 Å². The maximum absolute atomic E-state index is 12.1. The van der Waals surface area contributed by atoms with Gasteiger partial charge in [-0.25, -0.2) is 0 Å². The Morgan fingerprint density at radius 3 is 1.63 bits per heavy atom. The lowest BCUT2D eigenvalue weighted by molar-refractivity contribution is -0.575. The Bertz CT molecular complexity index is 345. The predicted octanol–water partition coefficient (Wildman–Crippen LogP) is 1.56. The summed E-state index contributed by atoms with van der Waals surface area (Å²) in [5.41, 5.74) is -3.76. The molecule has 0 fully saturated rings. The third-order valence-electron chi connectivity index (χ3n) is 3.28. The minimum atomic E-state index is -1.94. The van der Waals surface area contributed by atoms with Crippen LogP contribution in [0, 0.1) is 15.5 Å². The van der Waals surface area contributed by atoms with Gasteiger partial charge in [-0.1, -0.05) is 6.92 Å². The number of carbonyl (C=O) groups is 2.